The standard InChI is InChI=1S/2C48H78N2P2Si7.3C6H6/c2*1-53(2,3)45(54(4,5)6)37-30-34(48(57(13,14)15,58(16,17)18)59(19,20)21)31-38(46(55(7,8)9)56(10,11)12)44(37)51-52-47-40-28-24-22-26-35(40)43(39(32-49)42(47)33-50)36-27-23-25-29-41(36)47;3*1-2-4-6-5-3-1/h2*22-31,39,42-43,45-46H,1-21H3;3*1-6H/t2*39-,42+,43?,47?;;;/m10.../s1. The van der Waals surface area contributed by atoms with E-state index in [1.165, 1.54) is 76.0 Å². The first-order valence-corrected chi connectivity index (χ1v) is 105. The second-order valence-electron chi connectivity index (χ2n) is 54.9. The van der Waals surface area contributed by atoms with Crippen molar-refractivity contribution >= 4 is 155 Å². The molecule has 0 radical (unpaired) electrons. The summed E-state index contributed by atoms with van der Waals surface area (Å²) in [7, 11) is -20.3. The molecule has 0 aliphatic heterocycles. The lowest BCUT2D eigenvalue weighted by atomic mass is 9.54. The van der Waals surface area contributed by atoms with Gasteiger partial charge in [-0.3, -0.25) is 0 Å². The van der Waals surface area contributed by atoms with Crippen LogP contribution in [0.25, 0.3) is 0 Å². The first-order chi connectivity index (χ1) is 62.3. The molecule has 4 nitrogen and oxygen atoms in total. The van der Waals surface area contributed by atoms with Gasteiger partial charge in [-0.2, -0.15) is 21.0 Å². The topological polar surface area (TPSA) is 95.2 Å². The predicted molar refractivity (Wildman–Crippen MR) is 648 cm³/mol. The van der Waals surface area contributed by atoms with E-state index in [9.17, 15) is 21.0 Å². The summed E-state index contributed by atoms with van der Waals surface area (Å²) < 4.78 is 0.529. The van der Waals surface area contributed by atoms with Gasteiger partial charge in [-0.15, -0.1) is 0 Å². The number of nitriles is 4. The van der Waals surface area contributed by atoms with E-state index < -0.39 is 135 Å². The Hall–Kier alpha value is -4.82. The van der Waals surface area contributed by atoms with Crippen molar-refractivity contribution in [3.05, 3.63) is 308 Å². The fraction of sp³-hybridized carbons (Fsp3) is 0.491. The smallest absolute Gasteiger partial charge is 0.0848 e. The monoisotopic (exact) mass is 2110 g/mol. The molecule has 0 amide bonds. The third-order valence-corrected chi connectivity index (χ3v) is 117. The van der Waals surface area contributed by atoms with Gasteiger partial charge in [-0.25, -0.2) is 0 Å². The molecular formula is C114H174N4P4Si14. The van der Waals surface area contributed by atoms with Crippen molar-refractivity contribution in [2.45, 2.75) is 326 Å². The van der Waals surface area contributed by atoms with Crippen molar-refractivity contribution in [1.29, 1.82) is 21.0 Å². The Labute approximate surface area is 851 Å². The molecule has 15 rings (SSSR count). The lowest BCUT2D eigenvalue weighted by Crippen LogP contribution is -2.74. The van der Waals surface area contributed by atoms with Gasteiger partial charge in [0, 0.05) is 135 Å². The molecule has 0 aromatic heterocycles. The highest BCUT2D eigenvalue weighted by Crippen LogP contribution is 2.70. The molecule has 4 bridgehead atoms. The van der Waals surface area contributed by atoms with Crippen LogP contribution >= 0.6 is 31.5 Å². The van der Waals surface area contributed by atoms with Crippen molar-refractivity contribution in [1.82, 2.24) is 0 Å². The Bertz CT molecular complexity index is 5090. The molecular weight excluding hydrogens is 1940 g/mol. The number of benzene rings is 9. The minimum Gasteiger partial charge on any atom is -0.198 e. The summed E-state index contributed by atoms with van der Waals surface area (Å²) in [6.07, 6.45) is 0. The van der Waals surface area contributed by atoms with Crippen LogP contribution in [0.2, 0.25) is 275 Å². The van der Waals surface area contributed by atoms with Crippen molar-refractivity contribution in [3.63, 3.8) is 0 Å². The fourth-order valence-corrected chi connectivity index (χ4v) is 152. The Kier molecular flexibility index (Phi) is 35.5. The first-order valence-electron chi connectivity index (χ1n) is 50.5. The van der Waals surface area contributed by atoms with Crippen LogP contribution in [0.15, 0.2) is 231 Å². The van der Waals surface area contributed by atoms with E-state index in [0.717, 1.165) is 0 Å². The lowest BCUT2D eigenvalue weighted by Gasteiger charge is -2.60. The largest absolute Gasteiger partial charge is 0.198 e. The van der Waals surface area contributed by atoms with Gasteiger partial charge in [-0.1, -0.05) is 521 Å². The van der Waals surface area contributed by atoms with Crippen molar-refractivity contribution in [2.75, 3.05) is 0 Å². The molecule has 0 spiro atoms. The normalized spacial score (nSPS) is 19.9. The molecule has 4 atom stereocenters. The Morgan fingerprint density at radius 2 is 0.397 bits per heavy atom. The first kappa shape index (κ1) is 115. The molecule has 6 aliphatic rings. The number of hydrogen-bond acceptors (Lipinski definition) is 4. The van der Waals surface area contributed by atoms with E-state index >= 15 is 0 Å². The third kappa shape index (κ3) is 22.5. The fourth-order valence-electron chi connectivity index (χ4n) is 31.0. The van der Waals surface area contributed by atoms with Crippen molar-refractivity contribution < 1.29 is 0 Å². The Morgan fingerprint density at radius 1 is 0.235 bits per heavy atom. The van der Waals surface area contributed by atoms with Crippen molar-refractivity contribution in [3.8, 4) is 24.3 Å². The van der Waals surface area contributed by atoms with E-state index in [-0.39, 0.29) is 32.2 Å². The highest BCUT2D eigenvalue weighted by Gasteiger charge is 2.66. The van der Waals surface area contributed by atoms with Gasteiger partial charge in [-0.05, 0) is 123 Å². The van der Waals surface area contributed by atoms with Gasteiger partial charge in [0.25, 0.3) is 0 Å². The predicted octanol–water partition coefficient (Wildman–Crippen LogP) is 35.8. The summed E-state index contributed by atoms with van der Waals surface area (Å²) >= 11 is 0. The zero-order valence-corrected chi connectivity index (χ0v) is 110. The van der Waals surface area contributed by atoms with Crippen LogP contribution < -0.4 is 10.6 Å². The average molecular weight is 2120 g/mol. The minimum atomic E-state index is -1.83. The minimum absolute atomic E-state index is 0.0691. The van der Waals surface area contributed by atoms with Gasteiger partial charge in [0.1, 0.15) is 0 Å². The molecule has 0 N–H and O–H groups in total. The maximum absolute atomic E-state index is 11.3. The number of rotatable bonds is 24. The highest BCUT2D eigenvalue weighted by atomic mass is 31.7. The van der Waals surface area contributed by atoms with Crippen LogP contribution in [-0.4, -0.2) is 113 Å². The quantitative estimate of drug-likeness (QED) is 0.0445. The van der Waals surface area contributed by atoms with Gasteiger partial charge < -0.3 is 0 Å². The van der Waals surface area contributed by atoms with Gasteiger partial charge in [0.05, 0.1) is 58.3 Å². The van der Waals surface area contributed by atoms with E-state index in [2.05, 4.69) is 421 Å². The molecule has 0 fully saturated rings. The van der Waals surface area contributed by atoms with E-state index in [1.807, 2.05) is 109 Å². The lowest BCUT2D eigenvalue weighted by molar-refractivity contribution is 0.324. The van der Waals surface area contributed by atoms with Crippen molar-refractivity contribution in [2.24, 2.45) is 23.7 Å². The van der Waals surface area contributed by atoms with E-state index in [1.54, 1.807) is 44.0 Å². The van der Waals surface area contributed by atoms with Crippen LogP contribution in [0.5, 0.6) is 0 Å². The van der Waals surface area contributed by atoms with Crippen LogP contribution in [-0.2, 0) is 18.9 Å². The van der Waals surface area contributed by atoms with E-state index in [0.29, 0.717) is 20.7 Å². The van der Waals surface area contributed by atoms with Crippen LogP contribution in [0.4, 0.5) is 0 Å². The molecule has 9 aromatic carbocycles. The van der Waals surface area contributed by atoms with Crippen LogP contribution in [0.3, 0.4) is 0 Å². The van der Waals surface area contributed by atoms with E-state index in [4.69, 9.17) is 0 Å². The molecule has 6 aliphatic carbocycles. The summed E-state index contributed by atoms with van der Waals surface area (Å²) in [4.78, 5) is 0. The molecule has 0 saturated carbocycles. The van der Waals surface area contributed by atoms with Gasteiger partial charge >= 0.3 is 0 Å². The summed E-state index contributed by atoms with van der Waals surface area (Å²) in [6, 6.07) is 94.5. The van der Waals surface area contributed by atoms with Gasteiger partial charge in [0.15, 0.2) is 0 Å². The highest BCUT2D eigenvalue weighted by molar-refractivity contribution is 7.89. The zero-order valence-electron chi connectivity index (χ0n) is 92.3. The number of fused-ring (bicyclic) bond motifs is 2. The third-order valence-electron chi connectivity index (χ3n) is 30.5. The molecule has 136 heavy (non-hydrogen) atoms. The molecule has 0 saturated heterocycles. The summed E-state index contributed by atoms with van der Waals surface area (Å²) in [5, 5.41) is 49.0. The molecule has 0 heterocycles. The SMILES string of the molecule is C[Si](C)(C)C(c1cc(C([Si](C)(C)C)([Si](C)(C)C)[Si](C)(C)C)cc(C([Si](C)(C)C)[Si](C)(C)C)c1P=PC12c3ccccc3C(c3ccccc31)[C@@H](C#N)[C@H]2C#N)[Si](C)(C)C.C[Si](C)(C)C(c1cc(C([Si](C)(C)C)([Si](C)(C)C)[Si](C)(C)C)cc(C([Si](C)(C)C)[Si](C)(C)C)c1P=PC12c3ccccc3C(c3ccccc31)[C@H](C#N)[C@@H]2C#N)[Si](C)(C)C.c1ccccc1.c1ccccc1.c1ccccc1. The molecule has 9 aromatic rings. The summed E-state index contributed by atoms with van der Waals surface area (Å²) in [5.74, 6) is -1.74. The molecule has 22 heteroatoms. The van der Waals surface area contributed by atoms with Crippen LogP contribution in [0, 0.1) is 69.0 Å². The average Bonchev–Trinajstić information content (AvgIpc) is 0.657. The second kappa shape index (κ2) is 42.1. The maximum Gasteiger partial charge on any atom is 0.0848 e. The number of hydrogen-bond donors (Lipinski definition) is 0. The second-order valence-corrected chi connectivity index (χ2v) is 140. The Morgan fingerprint density at radius 3 is 0.537 bits per heavy atom. The van der Waals surface area contributed by atoms with Gasteiger partial charge in [0.2, 0.25) is 0 Å². The Balaban J connectivity index is 0.000000256. The maximum atomic E-state index is 11.3. The van der Waals surface area contributed by atoms with Crippen LogP contribution in [0.1, 0.15) is 110 Å². The molecule has 0 unspecified atom stereocenters. The summed E-state index contributed by atoms with van der Waals surface area (Å²) in [5.41, 5.74) is 20.4. The zero-order chi connectivity index (χ0) is 103. The molecule has 726 valence electrons. The summed E-state index contributed by atoms with van der Waals surface area (Å²) in [6.45, 7) is 113. The number of nitrogens with zero attached hydrogens (tertiary/aromatic N) is 4.